The van der Waals surface area contributed by atoms with Gasteiger partial charge in [0, 0.05) is 136 Å². The highest BCUT2D eigenvalue weighted by Gasteiger charge is 2.27. The molecule has 10 heterocycles. The molecular weight excluding hydrogens is 881 g/mol. The number of hydrogen-bond acceptors (Lipinski definition) is 15. The third kappa shape index (κ3) is 8.94. The van der Waals surface area contributed by atoms with Gasteiger partial charge in [-0.05, 0) is 49.1 Å². The number of rotatable bonds is 10. The summed E-state index contributed by atoms with van der Waals surface area (Å²) in [6.07, 6.45) is 27.9. The number of nitrogens with zero attached hydrogens (tertiary/aromatic N) is 16. The van der Waals surface area contributed by atoms with Crippen molar-refractivity contribution in [3.8, 4) is 22.3 Å². The van der Waals surface area contributed by atoms with Crippen LogP contribution in [0.2, 0.25) is 0 Å². The van der Waals surface area contributed by atoms with Crippen molar-refractivity contribution in [2.75, 3.05) is 72.0 Å². The van der Waals surface area contributed by atoms with E-state index in [0.717, 1.165) is 144 Å². The number of aromatic nitrogens is 13. The van der Waals surface area contributed by atoms with Crippen molar-refractivity contribution in [1.82, 2.24) is 64.1 Å². The van der Waals surface area contributed by atoms with Gasteiger partial charge in [0.2, 0.25) is 5.95 Å². The van der Waals surface area contributed by atoms with Crippen LogP contribution in [0.15, 0.2) is 147 Å². The molecule has 0 amide bonds. The zero-order valence-corrected chi connectivity index (χ0v) is 39.1. The van der Waals surface area contributed by atoms with Gasteiger partial charge in [0.1, 0.15) is 35.6 Å². The number of aliphatic hydroxyl groups is 1. The van der Waals surface area contributed by atoms with E-state index in [-0.39, 0.29) is 0 Å². The Labute approximate surface area is 404 Å². The van der Waals surface area contributed by atoms with Crippen LogP contribution in [0.5, 0.6) is 0 Å². The molecule has 0 bridgehead atoms. The lowest BCUT2D eigenvalue weighted by molar-refractivity contribution is 0.218. The molecule has 1 aromatic carbocycles. The number of fused-ring (bicyclic) bond motifs is 2. The third-order valence-corrected chi connectivity index (χ3v) is 13.4. The molecule has 2 aliphatic heterocycles. The van der Waals surface area contributed by atoms with E-state index < -0.39 is 11.6 Å². The molecule has 12 rings (SSSR count). The van der Waals surface area contributed by atoms with E-state index >= 15 is 0 Å². The number of benzene rings is 1. The Morgan fingerprint density at radius 3 is 1.84 bits per heavy atom. The minimum atomic E-state index is -0.649. The smallest absolute Gasteiger partial charge is 0.225 e. The SMILES string of the molecule is C[C@](N)(c1ccccc1)c1cnc(N2CCN(c3ncnn4cc(-c5cn[nH]c5)cc34)CC2)nc1.Cn1cc(-c2cc3c(N4CCN(c5ccc(C(O)C6=CCCC=C6)cn5)CC4)ncnn3c2)cn1. The van der Waals surface area contributed by atoms with Crippen LogP contribution in [0.25, 0.3) is 33.3 Å². The van der Waals surface area contributed by atoms with Crippen LogP contribution in [0.4, 0.5) is 23.4 Å². The molecule has 19 heteroatoms. The predicted molar refractivity (Wildman–Crippen MR) is 269 cm³/mol. The first kappa shape index (κ1) is 44.2. The first-order valence-electron chi connectivity index (χ1n) is 23.6. The van der Waals surface area contributed by atoms with E-state index in [0.29, 0.717) is 0 Å². The number of nitrogens with one attached hydrogen (secondary N) is 1. The van der Waals surface area contributed by atoms with Crippen molar-refractivity contribution in [2.24, 2.45) is 12.8 Å². The van der Waals surface area contributed by atoms with Crippen LogP contribution in [0, 0.1) is 0 Å². The van der Waals surface area contributed by atoms with E-state index in [1.54, 1.807) is 29.7 Å². The van der Waals surface area contributed by atoms with E-state index in [4.69, 9.17) is 5.73 Å². The Bertz CT molecular complexity index is 3250. The van der Waals surface area contributed by atoms with E-state index in [1.807, 2.05) is 115 Å². The summed E-state index contributed by atoms with van der Waals surface area (Å²) in [7, 11) is 1.92. The summed E-state index contributed by atoms with van der Waals surface area (Å²) in [6.45, 7) is 8.55. The first-order chi connectivity index (χ1) is 34.2. The number of allylic oxidation sites excluding steroid dienone is 2. The van der Waals surface area contributed by atoms with Gasteiger partial charge in [-0.15, -0.1) is 0 Å². The second kappa shape index (κ2) is 19.0. The average Bonchev–Trinajstić information content (AvgIpc) is 4.27. The van der Waals surface area contributed by atoms with Gasteiger partial charge < -0.3 is 30.4 Å². The summed E-state index contributed by atoms with van der Waals surface area (Å²) in [5.41, 5.74) is 15.8. The second-order valence-electron chi connectivity index (χ2n) is 18.0. The number of nitrogens with two attached hydrogens (primary N) is 1. The topological polar surface area (TPSA) is 205 Å². The molecule has 0 spiro atoms. The van der Waals surface area contributed by atoms with Crippen LogP contribution >= 0.6 is 0 Å². The number of pyridine rings is 1. The van der Waals surface area contributed by atoms with Gasteiger partial charge in [-0.3, -0.25) is 9.78 Å². The molecule has 9 aromatic rings. The maximum absolute atomic E-state index is 10.7. The summed E-state index contributed by atoms with van der Waals surface area (Å²) in [5, 5.41) is 30.7. The fraction of sp³-hybridized carbons (Fsp3) is 0.275. The van der Waals surface area contributed by atoms with Gasteiger partial charge in [-0.2, -0.15) is 20.4 Å². The number of aromatic amines is 1. The van der Waals surface area contributed by atoms with Crippen LogP contribution in [0.3, 0.4) is 0 Å². The van der Waals surface area contributed by atoms with Crippen molar-refractivity contribution in [3.63, 3.8) is 0 Å². The molecule has 2 atom stereocenters. The van der Waals surface area contributed by atoms with Gasteiger partial charge in [-0.1, -0.05) is 54.6 Å². The van der Waals surface area contributed by atoms with E-state index in [2.05, 4.69) is 94.3 Å². The molecule has 70 heavy (non-hydrogen) atoms. The lowest BCUT2D eigenvalue weighted by Crippen LogP contribution is -2.47. The molecule has 4 N–H and O–H groups in total. The van der Waals surface area contributed by atoms with Gasteiger partial charge in [0.05, 0.1) is 17.9 Å². The van der Waals surface area contributed by atoms with Crippen molar-refractivity contribution < 1.29 is 5.11 Å². The second-order valence-corrected chi connectivity index (χ2v) is 18.0. The molecular formula is C51H54N18O. The van der Waals surface area contributed by atoms with Crippen LogP contribution in [-0.4, -0.2) is 122 Å². The molecule has 2 saturated heterocycles. The molecule has 1 unspecified atom stereocenters. The zero-order valence-electron chi connectivity index (χ0n) is 39.1. The quantitative estimate of drug-likeness (QED) is 0.152. The largest absolute Gasteiger partial charge is 0.384 e. The molecule has 0 saturated carbocycles. The maximum Gasteiger partial charge on any atom is 0.225 e. The number of H-pyrrole nitrogens is 1. The number of hydrogen-bond donors (Lipinski definition) is 3. The summed E-state index contributed by atoms with van der Waals surface area (Å²) < 4.78 is 5.56. The highest BCUT2D eigenvalue weighted by atomic mass is 16.3. The lowest BCUT2D eigenvalue weighted by Gasteiger charge is -2.36. The van der Waals surface area contributed by atoms with Gasteiger partial charge in [0.25, 0.3) is 0 Å². The van der Waals surface area contributed by atoms with Crippen molar-refractivity contribution in [1.29, 1.82) is 0 Å². The van der Waals surface area contributed by atoms with Crippen molar-refractivity contribution in [2.45, 2.75) is 31.4 Å². The summed E-state index contributed by atoms with van der Waals surface area (Å²) in [5.74, 6) is 3.51. The minimum absolute atomic E-state index is 0.622. The van der Waals surface area contributed by atoms with Gasteiger partial charge >= 0.3 is 0 Å². The molecule has 2 fully saturated rings. The Hall–Kier alpha value is -8.29. The lowest BCUT2D eigenvalue weighted by atomic mass is 9.87. The maximum atomic E-state index is 10.7. The molecule has 1 aliphatic carbocycles. The Morgan fingerprint density at radius 2 is 1.27 bits per heavy atom. The van der Waals surface area contributed by atoms with Crippen molar-refractivity contribution in [3.05, 3.63) is 164 Å². The molecule has 3 aliphatic rings. The number of anilines is 4. The highest BCUT2D eigenvalue weighted by molar-refractivity contribution is 5.78. The number of aliphatic hydroxyl groups excluding tert-OH is 1. The highest BCUT2D eigenvalue weighted by Crippen LogP contribution is 2.31. The van der Waals surface area contributed by atoms with Crippen LogP contribution < -0.4 is 25.3 Å². The molecule has 0 radical (unpaired) electrons. The molecule has 354 valence electrons. The molecule has 19 nitrogen and oxygen atoms in total. The monoisotopic (exact) mass is 934 g/mol. The summed E-state index contributed by atoms with van der Waals surface area (Å²) >= 11 is 0. The van der Waals surface area contributed by atoms with Gasteiger partial charge in [0.15, 0.2) is 11.6 Å². The first-order valence-corrected chi connectivity index (χ1v) is 23.6. The van der Waals surface area contributed by atoms with Crippen LogP contribution in [-0.2, 0) is 12.6 Å². The Kier molecular flexibility index (Phi) is 12.0. The molecule has 8 aromatic heterocycles. The normalized spacial score (nSPS) is 16.5. The zero-order chi connectivity index (χ0) is 47.6. The number of piperazine rings is 2. The van der Waals surface area contributed by atoms with E-state index in [1.165, 1.54) is 0 Å². The predicted octanol–water partition coefficient (Wildman–Crippen LogP) is 5.62. The standard InChI is InChI=1S/C26H28N8O.C25H26N10/c1-31-16-22(15-29-31)21-13-23-26(28-18-30-34(23)17-21)33-11-9-32(10-12-33)24-8-7-20(14-27-24)25(35)19-5-3-2-4-6-19;1-25(26,20-5-3-2-4-6-20)21-14-27-24(28-15-21)34-9-7-33(8-10-34)23-22-11-18(19-12-30-31-13-19)16-35(22)32-17-29-23/h3,5-8,13-18,25,35H,2,4,9-12H2,1H3;2-6,11-17H,7-10,26H2,1H3,(H,30,31)/t;25-/m.0/s1. The average molecular weight is 935 g/mol. The fourth-order valence-corrected chi connectivity index (χ4v) is 9.36. The van der Waals surface area contributed by atoms with E-state index in [9.17, 15) is 5.11 Å². The summed E-state index contributed by atoms with van der Waals surface area (Å²) in [6, 6.07) is 18.3. The Morgan fingerprint density at radius 1 is 0.629 bits per heavy atom. The van der Waals surface area contributed by atoms with Crippen LogP contribution in [0.1, 0.15) is 42.6 Å². The summed E-state index contributed by atoms with van der Waals surface area (Å²) in [4.78, 5) is 32.3. The fourth-order valence-electron chi connectivity index (χ4n) is 9.36. The van der Waals surface area contributed by atoms with Crippen molar-refractivity contribution >= 4 is 34.4 Å². The minimum Gasteiger partial charge on any atom is -0.384 e. The third-order valence-electron chi connectivity index (χ3n) is 13.4. The van der Waals surface area contributed by atoms with Gasteiger partial charge in [-0.25, -0.2) is 34.0 Å². The number of aryl methyl sites for hydroxylation is 1. The Balaban J connectivity index is 0.000000152.